The van der Waals surface area contributed by atoms with E-state index in [9.17, 15) is 26.3 Å². The van der Waals surface area contributed by atoms with Gasteiger partial charge in [-0.15, -0.1) is 0 Å². The zero-order valence-electron chi connectivity index (χ0n) is 8.92. The Bertz CT molecular complexity index is 267. The number of halogens is 6. The van der Waals surface area contributed by atoms with Gasteiger partial charge in [0, 0.05) is 6.42 Å². The SMILES string of the molecule is CC(C)=C(C)CC(O)(C(F)(F)F)C(F)(F)F. The molecule has 0 aromatic rings. The van der Waals surface area contributed by atoms with Crippen LogP contribution in [0.15, 0.2) is 11.1 Å². The van der Waals surface area contributed by atoms with Crippen molar-refractivity contribution >= 4 is 0 Å². The van der Waals surface area contributed by atoms with Gasteiger partial charge < -0.3 is 5.11 Å². The number of hydrogen-bond donors (Lipinski definition) is 1. The summed E-state index contributed by atoms with van der Waals surface area (Å²) in [6.45, 7) is 3.88. The molecule has 0 saturated carbocycles. The Morgan fingerprint density at radius 2 is 1.19 bits per heavy atom. The lowest BCUT2D eigenvalue weighted by Crippen LogP contribution is -2.56. The first-order valence-corrected chi connectivity index (χ1v) is 4.31. The van der Waals surface area contributed by atoms with Crippen LogP contribution in [0.1, 0.15) is 27.2 Å². The van der Waals surface area contributed by atoms with E-state index in [0.29, 0.717) is 5.57 Å². The first kappa shape index (κ1) is 15.3. The van der Waals surface area contributed by atoms with Crippen LogP contribution in [0.3, 0.4) is 0 Å². The van der Waals surface area contributed by atoms with Crippen LogP contribution in [0.25, 0.3) is 0 Å². The molecule has 0 atom stereocenters. The molecule has 0 aliphatic carbocycles. The average molecular weight is 250 g/mol. The first-order valence-electron chi connectivity index (χ1n) is 4.31. The predicted molar refractivity (Wildman–Crippen MR) is 45.7 cm³/mol. The standard InChI is InChI=1S/C9H12F6O/c1-5(2)6(3)4-7(16,8(10,11)12)9(13,14)15/h16H,4H2,1-3H3. The topological polar surface area (TPSA) is 20.2 Å². The van der Waals surface area contributed by atoms with Gasteiger partial charge in [-0.3, -0.25) is 0 Å². The summed E-state index contributed by atoms with van der Waals surface area (Å²) in [4.78, 5) is 0. The maximum atomic E-state index is 12.2. The Labute approximate surface area is 88.8 Å². The molecule has 7 heteroatoms. The zero-order valence-corrected chi connectivity index (χ0v) is 8.92. The second-order valence-corrected chi connectivity index (χ2v) is 3.81. The second-order valence-electron chi connectivity index (χ2n) is 3.81. The molecule has 0 fully saturated rings. The highest BCUT2D eigenvalue weighted by Crippen LogP contribution is 2.46. The minimum atomic E-state index is -5.75. The number of allylic oxidation sites excluding steroid dienone is 1. The van der Waals surface area contributed by atoms with Crippen LogP contribution in [0.5, 0.6) is 0 Å². The van der Waals surface area contributed by atoms with E-state index < -0.39 is 24.4 Å². The van der Waals surface area contributed by atoms with Gasteiger partial charge in [-0.05, 0) is 20.8 Å². The van der Waals surface area contributed by atoms with Crippen molar-refractivity contribution in [3.63, 3.8) is 0 Å². The van der Waals surface area contributed by atoms with Crippen molar-refractivity contribution < 1.29 is 31.4 Å². The molecule has 0 spiro atoms. The molecule has 16 heavy (non-hydrogen) atoms. The molecule has 1 nitrogen and oxygen atoms in total. The highest BCUT2D eigenvalue weighted by atomic mass is 19.4. The lowest BCUT2D eigenvalue weighted by Gasteiger charge is -2.32. The summed E-state index contributed by atoms with van der Waals surface area (Å²) < 4.78 is 73.4. The fourth-order valence-corrected chi connectivity index (χ4v) is 0.922. The van der Waals surface area contributed by atoms with E-state index in [1.807, 2.05) is 0 Å². The Morgan fingerprint density at radius 1 is 0.875 bits per heavy atom. The van der Waals surface area contributed by atoms with Crippen molar-refractivity contribution in [2.24, 2.45) is 0 Å². The van der Waals surface area contributed by atoms with Gasteiger partial charge in [0.25, 0.3) is 5.60 Å². The normalized spacial score (nSPS) is 13.9. The van der Waals surface area contributed by atoms with Gasteiger partial charge in [-0.25, -0.2) is 0 Å². The van der Waals surface area contributed by atoms with Crippen molar-refractivity contribution in [2.45, 2.75) is 45.1 Å². The summed E-state index contributed by atoms with van der Waals surface area (Å²) in [5.41, 5.74) is -4.51. The molecule has 0 aromatic carbocycles. The monoisotopic (exact) mass is 250 g/mol. The van der Waals surface area contributed by atoms with Gasteiger partial charge in [-0.1, -0.05) is 11.1 Å². The van der Waals surface area contributed by atoms with E-state index in [4.69, 9.17) is 5.11 Å². The molecular formula is C9H12F6O. The van der Waals surface area contributed by atoms with E-state index in [1.165, 1.54) is 13.8 Å². The molecule has 0 rings (SSSR count). The maximum absolute atomic E-state index is 12.2. The fourth-order valence-electron chi connectivity index (χ4n) is 0.922. The lowest BCUT2D eigenvalue weighted by atomic mass is 9.92. The molecule has 0 heterocycles. The molecule has 0 amide bonds. The highest BCUT2D eigenvalue weighted by Gasteiger charge is 2.70. The van der Waals surface area contributed by atoms with Crippen LogP contribution in [0.2, 0.25) is 0 Å². The minimum Gasteiger partial charge on any atom is -0.373 e. The quantitative estimate of drug-likeness (QED) is 0.586. The Hall–Kier alpha value is -0.720. The molecule has 0 unspecified atom stereocenters. The number of rotatable bonds is 2. The zero-order chi connectivity index (χ0) is 13.4. The van der Waals surface area contributed by atoms with Gasteiger partial charge in [0.15, 0.2) is 0 Å². The summed E-state index contributed by atoms with van der Waals surface area (Å²) in [5, 5.41) is 8.82. The molecule has 0 aliphatic heterocycles. The Kier molecular flexibility index (Phi) is 4.08. The largest absolute Gasteiger partial charge is 0.426 e. The van der Waals surface area contributed by atoms with Gasteiger partial charge in [-0.2, -0.15) is 26.3 Å². The number of aliphatic hydroxyl groups is 1. The van der Waals surface area contributed by atoms with Crippen molar-refractivity contribution in [1.82, 2.24) is 0 Å². The molecule has 0 radical (unpaired) electrons. The lowest BCUT2D eigenvalue weighted by molar-refractivity contribution is -0.367. The Balaban J connectivity index is 5.39. The van der Waals surface area contributed by atoms with E-state index >= 15 is 0 Å². The molecule has 0 aliphatic rings. The summed E-state index contributed by atoms with van der Waals surface area (Å²) in [7, 11) is 0. The van der Waals surface area contributed by atoms with Crippen LogP contribution in [0.4, 0.5) is 26.3 Å². The van der Waals surface area contributed by atoms with Crippen molar-refractivity contribution in [2.75, 3.05) is 0 Å². The van der Waals surface area contributed by atoms with Crippen LogP contribution < -0.4 is 0 Å². The third kappa shape index (κ3) is 2.90. The van der Waals surface area contributed by atoms with Gasteiger partial charge in [0.1, 0.15) is 0 Å². The maximum Gasteiger partial charge on any atom is 0.426 e. The van der Waals surface area contributed by atoms with Gasteiger partial charge in [0.2, 0.25) is 0 Å². The molecule has 0 aromatic heterocycles. The van der Waals surface area contributed by atoms with Crippen LogP contribution in [-0.4, -0.2) is 23.1 Å². The van der Waals surface area contributed by atoms with Crippen LogP contribution >= 0.6 is 0 Å². The van der Waals surface area contributed by atoms with E-state index in [1.54, 1.807) is 0 Å². The Morgan fingerprint density at radius 3 is 1.38 bits per heavy atom. The second kappa shape index (κ2) is 4.27. The summed E-state index contributed by atoms with van der Waals surface area (Å²) in [6, 6.07) is 0. The first-order chi connectivity index (χ1) is 6.83. The van der Waals surface area contributed by atoms with E-state index in [2.05, 4.69) is 0 Å². The number of alkyl halides is 6. The molecule has 1 N–H and O–H groups in total. The third-order valence-electron chi connectivity index (χ3n) is 2.31. The van der Waals surface area contributed by atoms with Crippen LogP contribution in [0, 0.1) is 0 Å². The van der Waals surface area contributed by atoms with E-state index in [-0.39, 0.29) is 5.57 Å². The van der Waals surface area contributed by atoms with E-state index in [0.717, 1.165) is 6.92 Å². The average Bonchev–Trinajstić information content (AvgIpc) is 1.99. The fraction of sp³-hybridized carbons (Fsp3) is 0.778. The minimum absolute atomic E-state index is 0.142. The third-order valence-corrected chi connectivity index (χ3v) is 2.31. The number of hydrogen-bond acceptors (Lipinski definition) is 1. The van der Waals surface area contributed by atoms with Crippen molar-refractivity contribution in [1.29, 1.82) is 0 Å². The predicted octanol–water partition coefficient (Wildman–Crippen LogP) is 3.59. The van der Waals surface area contributed by atoms with Gasteiger partial charge >= 0.3 is 12.4 Å². The van der Waals surface area contributed by atoms with Crippen LogP contribution in [-0.2, 0) is 0 Å². The smallest absolute Gasteiger partial charge is 0.373 e. The molecule has 0 saturated heterocycles. The van der Waals surface area contributed by atoms with Crippen molar-refractivity contribution in [3.05, 3.63) is 11.1 Å². The molecule has 0 bridgehead atoms. The summed E-state index contributed by atoms with van der Waals surface area (Å²) in [6.07, 6.45) is -13.0. The van der Waals surface area contributed by atoms with Crippen molar-refractivity contribution in [3.8, 4) is 0 Å². The molecular weight excluding hydrogens is 238 g/mol. The molecule has 96 valence electrons. The highest BCUT2D eigenvalue weighted by molar-refractivity contribution is 5.13. The van der Waals surface area contributed by atoms with Gasteiger partial charge in [0.05, 0.1) is 0 Å². The summed E-state index contributed by atoms with van der Waals surface area (Å²) in [5.74, 6) is 0. The summed E-state index contributed by atoms with van der Waals surface area (Å²) >= 11 is 0.